The third kappa shape index (κ3) is 7.94. The van der Waals surface area contributed by atoms with Crippen LogP contribution in [-0.4, -0.2) is 75.5 Å². The maximum absolute atomic E-state index is 13.4. The largest absolute Gasteiger partial charge is 0.360 e. The SMILES string of the molecule is CC[C@H](C)[C@@H]1NC(=O)CCCN(C(=O)c2cc(C(C)C)on2)CCCNC(=O)c2ccc3[nH]c(=O)n(c3c2)CCCNC1=O. The lowest BCUT2D eigenvalue weighted by atomic mass is 9.98. The van der Waals surface area contributed by atoms with Crippen LogP contribution in [0.3, 0.4) is 0 Å². The molecule has 0 aliphatic carbocycles. The van der Waals surface area contributed by atoms with E-state index in [1.165, 1.54) is 0 Å². The molecule has 4 amide bonds. The number of carbonyl (C=O) groups excluding carboxylic acids is 4. The van der Waals surface area contributed by atoms with Gasteiger partial charge in [-0.05, 0) is 43.4 Å². The Hall–Kier alpha value is -4.42. The molecule has 4 rings (SSSR count). The molecule has 3 aromatic rings. The Morgan fingerprint density at radius 1 is 1.00 bits per heavy atom. The van der Waals surface area contributed by atoms with E-state index in [0.29, 0.717) is 74.2 Å². The van der Waals surface area contributed by atoms with E-state index >= 15 is 0 Å². The fourth-order valence-electron chi connectivity index (χ4n) is 5.17. The first kappa shape index (κ1) is 32.5. The number of amides is 4. The Kier molecular flexibility index (Phi) is 11.0. The van der Waals surface area contributed by atoms with E-state index in [-0.39, 0.29) is 59.8 Å². The van der Waals surface area contributed by atoms with E-state index in [9.17, 15) is 24.0 Å². The van der Waals surface area contributed by atoms with Gasteiger partial charge in [-0.2, -0.15) is 0 Å². The molecule has 1 aliphatic rings. The summed E-state index contributed by atoms with van der Waals surface area (Å²) >= 11 is 0. The summed E-state index contributed by atoms with van der Waals surface area (Å²) in [6.07, 6.45) is 2.13. The molecule has 3 heterocycles. The van der Waals surface area contributed by atoms with Crippen LogP contribution < -0.4 is 21.6 Å². The molecule has 2 bridgehead atoms. The Morgan fingerprint density at radius 2 is 1.73 bits per heavy atom. The highest BCUT2D eigenvalue weighted by Gasteiger charge is 2.26. The average Bonchev–Trinajstić information content (AvgIpc) is 3.62. The standard InChI is InChI=1S/C31H43N7O6/c1-5-20(4)27-29(41)33-13-8-16-38-24-17-21(10-11-22(24)34-31(38)43)28(40)32-12-7-15-37(14-6-9-26(39)35-27)30(42)23-18-25(19(2)3)44-36-23/h10-11,17-20,27H,5-9,12-16H2,1-4H3,(H,32,40)(H,33,41)(H,34,43)(H,35,39)/t20-,27-/m0/s1. The summed E-state index contributed by atoms with van der Waals surface area (Å²) in [7, 11) is 0. The molecule has 0 saturated carbocycles. The van der Waals surface area contributed by atoms with E-state index in [1.807, 2.05) is 27.7 Å². The van der Waals surface area contributed by atoms with Gasteiger partial charge in [-0.3, -0.25) is 23.7 Å². The average molecular weight is 610 g/mol. The number of nitrogens with zero attached hydrogens (tertiary/aromatic N) is 3. The zero-order valence-corrected chi connectivity index (χ0v) is 25.9. The van der Waals surface area contributed by atoms with Crippen molar-refractivity contribution in [3.8, 4) is 0 Å². The molecular formula is C31H43N7O6. The highest BCUT2D eigenvalue weighted by molar-refractivity contribution is 5.97. The van der Waals surface area contributed by atoms with Crippen LogP contribution in [0.25, 0.3) is 11.0 Å². The maximum Gasteiger partial charge on any atom is 0.326 e. The molecule has 0 fully saturated rings. The van der Waals surface area contributed by atoms with E-state index < -0.39 is 6.04 Å². The molecule has 2 atom stereocenters. The number of hydrogen-bond acceptors (Lipinski definition) is 7. The summed E-state index contributed by atoms with van der Waals surface area (Å²) < 4.78 is 6.88. The van der Waals surface area contributed by atoms with Gasteiger partial charge in [0.05, 0.1) is 11.0 Å². The number of rotatable bonds is 4. The van der Waals surface area contributed by atoms with Crippen molar-refractivity contribution in [2.45, 2.75) is 78.3 Å². The predicted octanol–water partition coefficient (Wildman–Crippen LogP) is 2.53. The van der Waals surface area contributed by atoms with Gasteiger partial charge in [-0.15, -0.1) is 0 Å². The summed E-state index contributed by atoms with van der Waals surface area (Å²) in [5, 5.41) is 12.6. The van der Waals surface area contributed by atoms with Gasteiger partial charge in [0.15, 0.2) is 5.69 Å². The van der Waals surface area contributed by atoms with Crippen LogP contribution in [0.2, 0.25) is 0 Å². The first-order valence-corrected chi connectivity index (χ1v) is 15.4. The third-order valence-corrected chi connectivity index (χ3v) is 8.03. The number of benzene rings is 1. The van der Waals surface area contributed by atoms with Crippen LogP contribution in [-0.2, 0) is 16.1 Å². The molecule has 0 unspecified atom stereocenters. The van der Waals surface area contributed by atoms with Crippen molar-refractivity contribution in [2.24, 2.45) is 5.92 Å². The second-order valence-electron chi connectivity index (χ2n) is 11.7. The quantitative estimate of drug-likeness (QED) is 0.352. The number of carbonyl (C=O) groups is 4. The molecule has 1 aliphatic heterocycles. The highest BCUT2D eigenvalue weighted by atomic mass is 16.5. The summed E-state index contributed by atoms with van der Waals surface area (Å²) in [5.74, 6) is -0.610. The van der Waals surface area contributed by atoms with Gasteiger partial charge in [-0.25, -0.2) is 4.79 Å². The van der Waals surface area contributed by atoms with Gasteiger partial charge in [0.25, 0.3) is 11.8 Å². The lowest BCUT2D eigenvalue weighted by Gasteiger charge is -2.24. The third-order valence-electron chi connectivity index (χ3n) is 8.03. The lowest BCUT2D eigenvalue weighted by Crippen LogP contribution is -2.50. The molecule has 2 aromatic heterocycles. The molecule has 44 heavy (non-hydrogen) atoms. The molecule has 13 nitrogen and oxygen atoms in total. The minimum absolute atomic E-state index is 0.0666. The molecule has 4 N–H and O–H groups in total. The zero-order valence-electron chi connectivity index (χ0n) is 25.9. The van der Waals surface area contributed by atoms with Crippen molar-refractivity contribution in [2.75, 3.05) is 26.2 Å². The minimum atomic E-state index is -0.709. The zero-order chi connectivity index (χ0) is 31.8. The van der Waals surface area contributed by atoms with Crippen LogP contribution in [0.5, 0.6) is 0 Å². The van der Waals surface area contributed by atoms with Crippen LogP contribution >= 0.6 is 0 Å². The fraction of sp³-hybridized carbons (Fsp3) is 0.548. The van der Waals surface area contributed by atoms with Crippen LogP contribution in [0, 0.1) is 5.92 Å². The van der Waals surface area contributed by atoms with Crippen molar-refractivity contribution in [3.63, 3.8) is 0 Å². The highest BCUT2D eigenvalue weighted by Crippen LogP contribution is 2.17. The topological polar surface area (TPSA) is 171 Å². The lowest BCUT2D eigenvalue weighted by molar-refractivity contribution is -0.130. The van der Waals surface area contributed by atoms with Gasteiger partial charge >= 0.3 is 5.69 Å². The first-order valence-electron chi connectivity index (χ1n) is 15.4. The number of H-pyrrole nitrogens is 1. The number of imidazole rings is 1. The van der Waals surface area contributed by atoms with E-state index in [4.69, 9.17) is 4.52 Å². The predicted molar refractivity (Wildman–Crippen MR) is 164 cm³/mol. The Bertz CT molecular complexity index is 1540. The summed E-state index contributed by atoms with van der Waals surface area (Å²) in [5.41, 5.74) is 1.49. The van der Waals surface area contributed by atoms with Crippen molar-refractivity contribution in [1.29, 1.82) is 0 Å². The second-order valence-corrected chi connectivity index (χ2v) is 11.7. The number of aromatic amines is 1. The number of aromatic nitrogens is 3. The summed E-state index contributed by atoms with van der Waals surface area (Å²) in [6.45, 7) is 9.30. The molecule has 0 radical (unpaired) electrons. The van der Waals surface area contributed by atoms with E-state index in [2.05, 4.69) is 26.1 Å². The molecular weight excluding hydrogens is 566 g/mol. The van der Waals surface area contributed by atoms with Gasteiger partial charge in [0.2, 0.25) is 11.8 Å². The molecule has 13 heteroatoms. The van der Waals surface area contributed by atoms with Crippen molar-refractivity contribution in [3.05, 3.63) is 51.8 Å². The fourth-order valence-corrected chi connectivity index (χ4v) is 5.17. The first-order chi connectivity index (χ1) is 21.1. The van der Waals surface area contributed by atoms with E-state index in [1.54, 1.807) is 33.7 Å². The van der Waals surface area contributed by atoms with Gasteiger partial charge in [0, 0.05) is 56.7 Å². The minimum Gasteiger partial charge on any atom is -0.360 e. The Labute approximate surface area is 256 Å². The smallest absolute Gasteiger partial charge is 0.326 e. The Balaban J connectivity index is 1.55. The van der Waals surface area contributed by atoms with E-state index in [0.717, 1.165) is 0 Å². The Morgan fingerprint density at radius 3 is 2.45 bits per heavy atom. The molecule has 238 valence electrons. The van der Waals surface area contributed by atoms with Crippen LogP contribution in [0.15, 0.2) is 33.6 Å². The van der Waals surface area contributed by atoms with Crippen LogP contribution in [0.1, 0.15) is 92.3 Å². The van der Waals surface area contributed by atoms with Gasteiger partial charge in [-0.1, -0.05) is 39.3 Å². The van der Waals surface area contributed by atoms with Gasteiger partial charge < -0.3 is 30.4 Å². The molecule has 0 spiro atoms. The van der Waals surface area contributed by atoms with Crippen molar-refractivity contribution in [1.82, 2.24) is 35.6 Å². The normalized spacial score (nSPS) is 18.9. The van der Waals surface area contributed by atoms with Crippen molar-refractivity contribution >= 4 is 34.7 Å². The number of hydrogen-bond donors (Lipinski definition) is 4. The number of nitrogens with one attached hydrogen (secondary N) is 4. The summed E-state index contributed by atoms with van der Waals surface area (Å²) in [4.78, 5) is 69.4. The number of aryl methyl sites for hydroxylation is 1. The van der Waals surface area contributed by atoms with Crippen LogP contribution in [0.4, 0.5) is 0 Å². The molecule has 1 aromatic carbocycles. The van der Waals surface area contributed by atoms with Gasteiger partial charge in [0.1, 0.15) is 11.8 Å². The monoisotopic (exact) mass is 609 g/mol. The summed E-state index contributed by atoms with van der Waals surface area (Å²) in [6, 6.07) is 5.94. The van der Waals surface area contributed by atoms with Crippen molar-refractivity contribution < 1.29 is 23.7 Å². The second kappa shape index (κ2) is 14.8. The maximum atomic E-state index is 13.4. The number of fused-ring (bicyclic) bond motifs is 1. The molecule has 0 saturated heterocycles.